The molecule has 0 heterocycles. The van der Waals surface area contributed by atoms with E-state index in [0.717, 1.165) is 23.9 Å². The van der Waals surface area contributed by atoms with Crippen LogP contribution in [0.2, 0.25) is 0 Å². The molecule has 90 valence electrons. The molecule has 1 rings (SSSR count). The Morgan fingerprint density at radius 3 is 2.50 bits per heavy atom. The van der Waals surface area contributed by atoms with Crippen molar-refractivity contribution in [1.82, 2.24) is 0 Å². The van der Waals surface area contributed by atoms with Gasteiger partial charge in [0.2, 0.25) is 0 Å². The van der Waals surface area contributed by atoms with Crippen molar-refractivity contribution in [3.8, 4) is 0 Å². The number of ether oxygens (including phenoxy) is 2. The van der Waals surface area contributed by atoms with Crippen molar-refractivity contribution in [2.45, 2.75) is 25.9 Å². The van der Waals surface area contributed by atoms with E-state index in [-0.39, 0.29) is 6.10 Å². The van der Waals surface area contributed by atoms with E-state index in [2.05, 4.69) is 35.0 Å². The fourth-order valence-corrected chi connectivity index (χ4v) is 1.70. The van der Waals surface area contributed by atoms with Crippen LogP contribution in [0.1, 0.15) is 31.4 Å². The van der Waals surface area contributed by atoms with Crippen LogP contribution in [-0.4, -0.2) is 20.3 Å². The molecule has 0 aliphatic heterocycles. The second kappa shape index (κ2) is 7.82. The third-order valence-corrected chi connectivity index (χ3v) is 2.91. The van der Waals surface area contributed by atoms with Crippen LogP contribution in [0.15, 0.2) is 28.7 Å². The zero-order valence-corrected chi connectivity index (χ0v) is 11.5. The molecule has 16 heavy (non-hydrogen) atoms. The van der Waals surface area contributed by atoms with Gasteiger partial charge in [0.15, 0.2) is 0 Å². The molecule has 0 saturated carbocycles. The summed E-state index contributed by atoms with van der Waals surface area (Å²) in [5.41, 5.74) is 1.17. The molecule has 0 spiro atoms. The van der Waals surface area contributed by atoms with Crippen LogP contribution in [0.25, 0.3) is 0 Å². The summed E-state index contributed by atoms with van der Waals surface area (Å²) in [6.07, 6.45) is 2.29. The Labute approximate surface area is 106 Å². The van der Waals surface area contributed by atoms with Crippen LogP contribution < -0.4 is 0 Å². The summed E-state index contributed by atoms with van der Waals surface area (Å²) in [6, 6.07) is 8.20. The van der Waals surface area contributed by atoms with Crippen molar-refractivity contribution in [2.75, 3.05) is 20.3 Å². The molecule has 1 aromatic rings. The second-order valence-electron chi connectivity index (χ2n) is 3.72. The maximum absolute atomic E-state index is 5.81. The zero-order valence-electron chi connectivity index (χ0n) is 9.91. The largest absolute Gasteiger partial charge is 0.382 e. The monoisotopic (exact) mass is 286 g/mol. The summed E-state index contributed by atoms with van der Waals surface area (Å²) in [5.74, 6) is 0. The SMILES string of the molecule is CCCCOC(COC)c1ccc(Br)cc1. The number of halogens is 1. The lowest BCUT2D eigenvalue weighted by atomic mass is 10.1. The molecule has 0 aromatic heterocycles. The smallest absolute Gasteiger partial charge is 0.106 e. The average molecular weight is 287 g/mol. The van der Waals surface area contributed by atoms with E-state index in [1.165, 1.54) is 5.56 Å². The van der Waals surface area contributed by atoms with E-state index in [9.17, 15) is 0 Å². The lowest BCUT2D eigenvalue weighted by Gasteiger charge is -2.17. The third kappa shape index (κ3) is 4.64. The van der Waals surface area contributed by atoms with Gasteiger partial charge in [-0.1, -0.05) is 41.4 Å². The van der Waals surface area contributed by atoms with Crippen molar-refractivity contribution in [1.29, 1.82) is 0 Å². The highest BCUT2D eigenvalue weighted by Gasteiger charge is 2.11. The first kappa shape index (κ1) is 13.7. The Kier molecular flexibility index (Phi) is 6.69. The molecular formula is C13H19BrO2. The Bertz CT molecular complexity index is 284. The first-order chi connectivity index (χ1) is 7.77. The van der Waals surface area contributed by atoms with Gasteiger partial charge in [0.1, 0.15) is 6.10 Å². The summed E-state index contributed by atoms with van der Waals surface area (Å²) < 4.78 is 12.1. The quantitative estimate of drug-likeness (QED) is 0.707. The fourth-order valence-electron chi connectivity index (χ4n) is 1.44. The van der Waals surface area contributed by atoms with E-state index < -0.39 is 0 Å². The predicted molar refractivity (Wildman–Crippen MR) is 69.6 cm³/mol. The molecular weight excluding hydrogens is 268 g/mol. The van der Waals surface area contributed by atoms with Crippen LogP contribution in [0, 0.1) is 0 Å². The second-order valence-corrected chi connectivity index (χ2v) is 4.64. The van der Waals surface area contributed by atoms with E-state index in [1.54, 1.807) is 7.11 Å². The summed E-state index contributed by atoms with van der Waals surface area (Å²) in [6.45, 7) is 3.56. The van der Waals surface area contributed by atoms with Crippen molar-refractivity contribution < 1.29 is 9.47 Å². The molecule has 0 amide bonds. The number of hydrogen-bond donors (Lipinski definition) is 0. The van der Waals surface area contributed by atoms with Crippen LogP contribution in [-0.2, 0) is 9.47 Å². The number of hydrogen-bond acceptors (Lipinski definition) is 2. The van der Waals surface area contributed by atoms with E-state index in [4.69, 9.17) is 9.47 Å². The third-order valence-electron chi connectivity index (χ3n) is 2.38. The van der Waals surface area contributed by atoms with Crippen molar-refractivity contribution in [2.24, 2.45) is 0 Å². The fraction of sp³-hybridized carbons (Fsp3) is 0.538. The van der Waals surface area contributed by atoms with Gasteiger partial charge in [-0.2, -0.15) is 0 Å². The molecule has 1 aromatic carbocycles. The zero-order chi connectivity index (χ0) is 11.8. The standard InChI is InChI=1S/C13H19BrO2/c1-3-4-9-16-13(10-15-2)11-5-7-12(14)8-6-11/h5-8,13H,3-4,9-10H2,1-2H3. The summed E-state index contributed by atoms with van der Waals surface area (Å²) in [5, 5.41) is 0. The van der Waals surface area contributed by atoms with Gasteiger partial charge < -0.3 is 9.47 Å². The predicted octanol–water partition coefficient (Wildman–Crippen LogP) is 3.95. The topological polar surface area (TPSA) is 18.5 Å². The first-order valence-electron chi connectivity index (χ1n) is 5.64. The maximum Gasteiger partial charge on any atom is 0.106 e. The lowest BCUT2D eigenvalue weighted by molar-refractivity contribution is -0.00442. The molecule has 0 bridgehead atoms. The number of rotatable bonds is 7. The Balaban J connectivity index is 2.57. The normalized spacial score (nSPS) is 12.7. The lowest BCUT2D eigenvalue weighted by Crippen LogP contribution is -2.11. The van der Waals surface area contributed by atoms with Crippen LogP contribution >= 0.6 is 15.9 Å². The number of unbranched alkanes of at least 4 members (excludes halogenated alkanes) is 1. The van der Waals surface area contributed by atoms with Crippen molar-refractivity contribution >= 4 is 15.9 Å². The van der Waals surface area contributed by atoms with E-state index in [0.29, 0.717) is 6.61 Å². The Morgan fingerprint density at radius 2 is 1.94 bits per heavy atom. The van der Waals surface area contributed by atoms with Gasteiger partial charge >= 0.3 is 0 Å². The highest BCUT2D eigenvalue weighted by molar-refractivity contribution is 9.10. The van der Waals surface area contributed by atoms with Crippen LogP contribution in [0.4, 0.5) is 0 Å². The molecule has 0 saturated heterocycles. The first-order valence-corrected chi connectivity index (χ1v) is 6.43. The summed E-state index contributed by atoms with van der Waals surface area (Å²) >= 11 is 3.43. The van der Waals surface area contributed by atoms with Gasteiger partial charge in [0.25, 0.3) is 0 Å². The highest BCUT2D eigenvalue weighted by Crippen LogP contribution is 2.20. The van der Waals surface area contributed by atoms with Crippen LogP contribution in [0.3, 0.4) is 0 Å². The highest BCUT2D eigenvalue weighted by atomic mass is 79.9. The molecule has 1 atom stereocenters. The number of benzene rings is 1. The van der Waals surface area contributed by atoms with Gasteiger partial charge in [0, 0.05) is 18.2 Å². The minimum atomic E-state index is 0.0460. The van der Waals surface area contributed by atoms with Gasteiger partial charge in [-0.15, -0.1) is 0 Å². The Hall–Kier alpha value is -0.380. The summed E-state index contributed by atoms with van der Waals surface area (Å²) in [7, 11) is 1.70. The van der Waals surface area contributed by atoms with Gasteiger partial charge in [0.05, 0.1) is 6.61 Å². The minimum absolute atomic E-state index is 0.0460. The minimum Gasteiger partial charge on any atom is -0.382 e. The van der Waals surface area contributed by atoms with Crippen molar-refractivity contribution in [3.63, 3.8) is 0 Å². The molecule has 2 nitrogen and oxygen atoms in total. The Morgan fingerprint density at radius 1 is 1.25 bits per heavy atom. The molecule has 0 radical (unpaired) electrons. The summed E-state index contributed by atoms with van der Waals surface area (Å²) in [4.78, 5) is 0. The van der Waals surface area contributed by atoms with Crippen molar-refractivity contribution in [3.05, 3.63) is 34.3 Å². The molecule has 0 fully saturated rings. The van der Waals surface area contributed by atoms with Gasteiger partial charge in [-0.3, -0.25) is 0 Å². The molecule has 0 aliphatic carbocycles. The average Bonchev–Trinajstić information content (AvgIpc) is 2.29. The van der Waals surface area contributed by atoms with Gasteiger partial charge in [-0.25, -0.2) is 0 Å². The van der Waals surface area contributed by atoms with Gasteiger partial charge in [-0.05, 0) is 24.1 Å². The van der Waals surface area contributed by atoms with Crippen LogP contribution in [0.5, 0.6) is 0 Å². The molecule has 0 aliphatic rings. The number of methoxy groups -OCH3 is 1. The van der Waals surface area contributed by atoms with E-state index in [1.807, 2.05) is 12.1 Å². The van der Waals surface area contributed by atoms with E-state index >= 15 is 0 Å². The molecule has 0 N–H and O–H groups in total. The maximum atomic E-state index is 5.81. The molecule has 1 unspecified atom stereocenters. The molecule has 3 heteroatoms.